The minimum Gasteiger partial charge on any atom is -0.488 e. The van der Waals surface area contributed by atoms with Crippen LogP contribution in [-0.4, -0.2) is 24.0 Å². The number of ketones is 1. The van der Waals surface area contributed by atoms with E-state index in [9.17, 15) is 9.59 Å². The summed E-state index contributed by atoms with van der Waals surface area (Å²) in [5.74, 6) is -0.816. The minimum absolute atomic E-state index is 0.190. The number of esters is 1. The maximum Gasteiger partial charge on any atom is 0.379 e. The number of carbonyl (C=O) groups is 2. The van der Waals surface area contributed by atoms with Gasteiger partial charge in [-0.3, -0.25) is 4.79 Å². The van der Waals surface area contributed by atoms with E-state index < -0.39 is 11.8 Å². The number of hydrogen-bond acceptors (Lipinski definition) is 4. The van der Waals surface area contributed by atoms with E-state index in [-0.39, 0.29) is 12.2 Å². The zero-order valence-corrected chi connectivity index (χ0v) is 11.1. The van der Waals surface area contributed by atoms with Crippen LogP contribution in [0.25, 0.3) is 0 Å². The van der Waals surface area contributed by atoms with Crippen LogP contribution < -0.4 is 4.74 Å². The Balaban J connectivity index is 2.77. The van der Waals surface area contributed by atoms with Crippen LogP contribution in [0.5, 0.6) is 5.75 Å². The molecule has 4 nitrogen and oxygen atoms in total. The highest BCUT2D eigenvalue weighted by Gasteiger charge is 2.18. The highest BCUT2D eigenvalue weighted by Crippen LogP contribution is 2.18. The Hall–Kier alpha value is -1.84. The van der Waals surface area contributed by atoms with Crippen molar-refractivity contribution in [3.05, 3.63) is 29.8 Å². The first kappa shape index (κ1) is 14.2. The van der Waals surface area contributed by atoms with Crippen LogP contribution in [0.15, 0.2) is 24.3 Å². The average Bonchev–Trinajstić information content (AvgIpc) is 2.27. The summed E-state index contributed by atoms with van der Waals surface area (Å²) in [6, 6.07) is 6.44. The Morgan fingerprint density at radius 3 is 2.11 bits per heavy atom. The number of ether oxygens (including phenoxy) is 2. The summed E-state index contributed by atoms with van der Waals surface area (Å²) < 4.78 is 10.3. The lowest BCUT2D eigenvalue weighted by molar-refractivity contribution is -0.137. The molecule has 1 aromatic rings. The molecule has 0 saturated carbocycles. The van der Waals surface area contributed by atoms with Crippen LogP contribution in [0.2, 0.25) is 0 Å². The molecule has 1 rings (SSSR count). The van der Waals surface area contributed by atoms with E-state index in [1.54, 1.807) is 31.2 Å². The molecule has 0 fully saturated rings. The van der Waals surface area contributed by atoms with Crippen LogP contribution in [-0.2, 0) is 9.53 Å². The third-order valence-electron chi connectivity index (χ3n) is 2.00. The second-order valence-electron chi connectivity index (χ2n) is 4.79. The first-order valence-corrected chi connectivity index (χ1v) is 5.84. The van der Waals surface area contributed by atoms with Crippen molar-refractivity contribution < 1.29 is 19.1 Å². The first-order valence-electron chi connectivity index (χ1n) is 5.84. The molecule has 0 N–H and O–H groups in total. The van der Waals surface area contributed by atoms with Crippen molar-refractivity contribution in [2.75, 3.05) is 6.61 Å². The summed E-state index contributed by atoms with van der Waals surface area (Å²) >= 11 is 0. The first-order chi connectivity index (χ1) is 8.33. The quantitative estimate of drug-likeness (QED) is 0.468. The van der Waals surface area contributed by atoms with Crippen molar-refractivity contribution in [2.45, 2.75) is 33.3 Å². The lowest BCUT2D eigenvalue weighted by atomic mass is 10.1. The standard InChI is InChI=1S/C14H18O4/c1-5-17-13(16)12(15)10-6-8-11(9-7-10)18-14(2,3)4/h6-9H,5H2,1-4H3. The molecule has 18 heavy (non-hydrogen) atoms. The van der Waals surface area contributed by atoms with Gasteiger partial charge in [0.05, 0.1) is 6.61 Å². The molecule has 4 heteroatoms. The maximum absolute atomic E-state index is 11.6. The van der Waals surface area contributed by atoms with Gasteiger partial charge in [0, 0.05) is 5.56 Å². The van der Waals surface area contributed by atoms with Gasteiger partial charge in [-0.1, -0.05) is 0 Å². The summed E-state index contributed by atoms with van der Waals surface area (Å²) in [6.45, 7) is 7.65. The van der Waals surface area contributed by atoms with Gasteiger partial charge < -0.3 is 9.47 Å². The largest absolute Gasteiger partial charge is 0.488 e. The van der Waals surface area contributed by atoms with E-state index >= 15 is 0 Å². The van der Waals surface area contributed by atoms with Gasteiger partial charge in [-0.05, 0) is 52.0 Å². The van der Waals surface area contributed by atoms with E-state index in [1.807, 2.05) is 20.8 Å². The summed E-state index contributed by atoms with van der Waals surface area (Å²) in [4.78, 5) is 22.9. The Morgan fingerprint density at radius 2 is 1.67 bits per heavy atom. The Kier molecular flexibility index (Phi) is 4.48. The van der Waals surface area contributed by atoms with Crippen LogP contribution in [0, 0.1) is 0 Å². The van der Waals surface area contributed by atoms with Gasteiger partial charge in [-0.25, -0.2) is 4.79 Å². The molecule has 0 atom stereocenters. The molecule has 0 amide bonds. The predicted molar refractivity (Wildman–Crippen MR) is 67.8 cm³/mol. The Bertz CT molecular complexity index is 426. The van der Waals surface area contributed by atoms with E-state index in [0.29, 0.717) is 11.3 Å². The van der Waals surface area contributed by atoms with Crippen LogP contribution in [0.4, 0.5) is 0 Å². The van der Waals surface area contributed by atoms with E-state index in [0.717, 1.165) is 0 Å². The SMILES string of the molecule is CCOC(=O)C(=O)c1ccc(OC(C)(C)C)cc1. The molecule has 1 aromatic carbocycles. The monoisotopic (exact) mass is 250 g/mol. The smallest absolute Gasteiger partial charge is 0.379 e. The molecule has 0 aliphatic carbocycles. The number of rotatable bonds is 4. The molecule has 0 aromatic heterocycles. The lowest BCUT2D eigenvalue weighted by Gasteiger charge is -2.21. The van der Waals surface area contributed by atoms with Gasteiger partial charge in [-0.15, -0.1) is 0 Å². The topological polar surface area (TPSA) is 52.6 Å². The van der Waals surface area contributed by atoms with Crippen molar-refractivity contribution in [3.8, 4) is 5.75 Å². The van der Waals surface area contributed by atoms with Gasteiger partial charge in [0.2, 0.25) is 0 Å². The minimum atomic E-state index is -0.831. The molecule has 0 spiro atoms. The summed E-state index contributed by atoms with van der Waals surface area (Å²) in [5, 5.41) is 0. The zero-order chi connectivity index (χ0) is 13.8. The fraction of sp³-hybridized carbons (Fsp3) is 0.429. The van der Waals surface area contributed by atoms with Crippen LogP contribution in [0.3, 0.4) is 0 Å². The Morgan fingerprint density at radius 1 is 1.11 bits per heavy atom. The lowest BCUT2D eigenvalue weighted by Crippen LogP contribution is -2.23. The van der Waals surface area contributed by atoms with E-state index in [4.69, 9.17) is 4.74 Å². The summed E-state index contributed by atoms with van der Waals surface area (Å²) in [7, 11) is 0. The fourth-order valence-corrected chi connectivity index (χ4v) is 1.34. The molecule has 0 bridgehead atoms. The molecule has 0 unspecified atom stereocenters. The summed E-state index contributed by atoms with van der Waals surface area (Å²) in [6.07, 6.45) is 0. The van der Waals surface area contributed by atoms with Gasteiger partial charge >= 0.3 is 5.97 Å². The Labute approximate surface area is 107 Å². The van der Waals surface area contributed by atoms with Gasteiger partial charge in [-0.2, -0.15) is 0 Å². The normalized spacial score (nSPS) is 10.9. The van der Waals surface area contributed by atoms with Gasteiger partial charge in [0.25, 0.3) is 5.78 Å². The number of carbonyl (C=O) groups excluding carboxylic acids is 2. The van der Waals surface area contributed by atoms with E-state index in [2.05, 4.69) is 4.74 Å². The third kappa shape index (κ3) is 4.20. The highest BCUT2D eigenvalue weighted by atomic mass is 16.5. The van der Waals surface area contributed by atoms with Crippen molar-refractivity contribution in [1.82, 2.24) is 0 Å². The van der Waals surface area contributed by atoms with Crippen molar-refractivity contribution >= 4 is 11.8 Å². The highest BCUT2D eigenvalue weighted by molar-refractivity contribution is 6.40. The average molecular weight is 250 g/mol. The van der Waals surface area contributed by atoms with Crippen molar-refractivity contribution in [1.29, 1.82) is 0 Å². The number of benzene rings is 1. The molecule has 0 radical (unpaired) electrons. The molecule has 0 aliphatic heterocycles. The predicted octanol–water partition coefficient (Wildman–Crippen LogP) is 2.61. The summed E-state index contributed by atoms with van der Waals surface area (Å²) in [5.41, 5.74) is 0.00171. The maximum atomic E-state index is 11.6. The van der Waals surface area contributed by atoms with Crippen LogP contribution in [0.1, 0.15) is 38.1 Å². The van der Waals surface area contributed by atoms with Crippen LogP contribution >= 0.6 is 0 Å². The van der Waals surface area contributed by atoms with Gasteiger partial charge in [0.15, 0.2) is 0 Å². The fourth-order valence-electron chi connectivity index (χ4n) is 1.34. The molecule has 98 valence electrons. The second-order valence-corrected chi connectivity index (χ2v) is 4.79. The molecule has 0 heterocycles. The molecular formula is C14H18O4. The third-order valence-corrected chi connectivity index (χ3v) is 2.00. The molecule has 0 saturated heterocycles. The number of hydrogen-bond donors (Lipinski definition) is 0. The van der Waals surface area contributed by atoms with Gasteiger partial charge in [0.1, 0.15) is 11.4 Å². The van der Waals surface area contributed by atoms with Crippen molar-refractivity contribution in [2.24, 2.45) is 0 Å². The molecular weight excluding hydrogens is 232 g/mol. The number of Topliss-reactive ketones (excluding diaryl/α,β-unsaturated/α-hetero) is 1. The van der Waals surface area contributed by atoms with E-state index in [1.165, 1.54) is 0 Å². The van der Waals surface area contributed by atoms with Crippen molar-refractivity contribution in [3.63, 3.8) is 0 Å². The zero-order valence-electron chi connectivity index (χ0n) is 11.1. The second kappa shape index (κ2) is 5.67. The molecule has 0 aliphatic rings.